The SMILES string of the molecule is CC(=O)N[C@@H](C)c1ccc(N2CC(O[Si](C)(C)C(C)(C)C)C2)cc1. The topological polar surface area (TPSA) is 41.6 Å². The Bertz CT molecular complexity index is 572. The Morgan fingerprint density at radius 1 is 1.25 bits per heavy atom. The van der Waals surface area contributed by atoms with E-state index in [4.69, 9.17) is 4.43 Å². The molecule has 1 aromatic carbocycles. The molecule has 1 N–H and O–H groups in total. The summed E-state index contributed by atoms with van der Waals surface area (Å²) in [4.78, 5) is 13.5. The molecule has 1 fully saturated rings. The minimum Gasteiger partial charge on any atom is -0.410 e. The van der Waals surface area contributed by atoms with E-state index in [1.807, 2.05) is 6.92 Å². The van der Waals surface area contributed by atoms with Crippen molar-refractivity contribution in [1.82, 2.24) is 5.32 Å². The number of carbonyl (C=O) groups is 1. The number of rotatable bonds is 5. The predicted octanol–water partition coefficient (Wildman–Crippen LogP) is 4.09. The lowest BCUT2D eigenvalue weighted by atomic mass is 10.1. The maximum Gasteiger partial charge on any atom is 0.217 e. The van der Waals surface area contributed by atoms with E-state index >= 15 is 0 Å². The maximum absolute atomic E-state index is 11.1. The van der Waals surface area contributed by atoms with Crippen molar-refractivity contribution < 1.29 is 9.22 Å². The van der Waals surface area contributed by atoms with Gasteiger partial charge in [0.05, 0.1) is 12.1 Å². The summed E-state index contributed by atoms with van der Waals surface area (Å²) in [5.74, 6) is -0.0000559. The number of hydrogen-bond acceptors (Lipinski definition) is 3. The smallest absolute Gasteiger partial charge is 0.217 e. The summed E-state index contributed by atoms with van der Waals surface area (Å²) in [6.45, 7) is 17.0. The van der Waals surface area contributed by atoms with Crippen LogP contribution in [0.4, 0.5) is 5.69 Å². The van der Waals surface area contributed by atoms with Crippen LogP contribution in [0.25, 0.3) is 0 Å². The maximum atomic E-state index is 11.1. The van der Waals surface area contributed by atoms with Crippen LogP contribution >= 0.6 is 0 Å². The summed E-state index contributed by atoms with van der Waals surface area (Å²) in [6, 6.07) is 8.50. The van der Waals surface area contributed by atoms with E-state index in [0.29, 0.717) is 6.10 Å². The number of benzene rings is 1. The molecular weight excluding hydrogens is 316 g/mol. The number of anilines is 1. The highest BCUT2D eigenvalue weighted by atomic mass is 28.4. The standard InChI is InChI=1S/C19H32N2O2Si/c1-14(20-15(2)22)16-8-10-17(11-9-16)21-12-18(13-21)23-24(6,7)19(3,4)5/h8-11,14,18H,12-13H2,1-7H3,(H,20,22)/t14-/m0/s1. The average Bonchev–Trinajstić information content (AvgIpc) is 2.40. The molecule has 0 aliphatic carbocycles. The Morgan fingerprint density at radius 2 is 1.79 bits per heavy atom. The number of hydrogen-bond donors (Lipinski definition) is 1. The average molecular weight is 349 g/mol. The molecule has 1 saturated heterocycles. The molecule has 0 bridgehead atoms. The number of carbonyl (C=O) groups excluding carboxylic acids is 1. The highest BCUT2D eigenvalue weighted by molar-refractivity contribution is 6.74. The van der Waals surface area contributed by atoms with Gasteiger partial charge in [0, 0.05) is 25.7 Å². The van der Waals surface area contributed by atoms with Crippen LogP contribution in [-0.2, 0) is 9.22 Å². The van der Waals surface area contributed by atoms with Gasteiger partial charge in [-0.1, -0.05) is 32.9 Å². The van der Waals surface area contributed by atoms with E-state index in [0.717, 1.165) is 18.7 Å². The molecule has 0 radical (unpaired) electrons. The third-order valence-electron chi connectivity index (χ3n) is 5.29. The fraction of sp³-hybridized carbons (Fsp3) is 0.632. The molecule has 1 aliphatic heterocycles. The third-order valence-corrected chi connectivity index (χ3v) is 9.83. The van der Waals surface area contributed by atoms with Crippen LogP contribution in [-0.4, -0.2) is 33.4 Å². The van der Waals surface area contributed by atoms with Gasteiger partial charge >= 0.3 is 0 Å². The van der Waals surface area contributed by atoms with E-state index in [1.165, 1.54) is 5.69 Å². The first kappa shape index (κ1) is 19.0. The van der Waals surface area contributed by atoms with Crippen molar-refractivity contribution in [3.8, 4) is 0 Å². The minimum atomic E-state index is -1.67. The van der Waals surface area contributed by atoms with Gasteiger partial charge in [0.1, 0.15) is 0 Å². The van der Waals surface area contributed by atoms with Gasteiger partial charge in [-0.25, -0.2) is 0 Å². The zero-order chi connectivity index (χ0) is 18.1. The minimum absolute atomic E-state index is 0.0000559. The second-order valence-corrected chi connectivity index (χ2v) is 13.2. The van der Waals surface area contributed by atoms with Crippen molar-refractivity contribution in [3.05, 3.63) is 29.8 Å². The van der Waals surface area contributed by atoms with Crippen LogP contribution in [0.15, 0.2) is 24.3 Å². The van der Waals surface area contributed by atoms with Crippen LogP contribution in [0.2, 0.25) is 18.1 Å². The van der Waals surface area contributed by atoms with E-state index < -0.39 is 8.32 Å². The van der Waals surface area contributed by atoms with Gasteiger partial charge < -0.3 is 14.6 Å². The zero-order valence-electron chi connectivity index (χ0n) is 16.1. The highest BCUT2D eigenvalue weighted by Gasteiger charge is 2.41. The molecular formula is C19H32N2O2Si. The van der Waals surface area contributed by atoms with E-state index in [9.17, 15) is 4.79 Å². The molecule has 5 heteroatoms. The molecule has 1 atom stereocenters. The Morgan fingerprint density at radius 3 is 2.25 bits per heavy atom. The summed E-state index contributed by atoms with van der Waals surface area (Å²) in [5.41, 5.74) is 2.35. The summed E-state index contributed by atoms with van der Waals surface area (Å²) < 4.78 is 6.45. The molecule has 0 unspecified atom stereocenters. The second kappa shape index (κ2) is 6.88. The molecule has 0 saturated carbocycles. The van der Waals surface area contributed by atoms with E-state index in [-0.39, 0.29) is 17.0 Å². The summed E-state index contributed by atoms with van der Waals surface area (Å²) >= 11 is 0. The molecule has 1 aromatic rings. The van der Waals surface area contributed by atoms with Crippen LogP contribution in [0.5, 0.6) is 0 Å². The molecule has 4 nitrogen and oxygen atoms in total. The molecule has 1 amide bonds. The van der Waals surface area contributed by atoms with Crippen LogP contribution in [0.1, 0.15) is 46.2 Å². The summed E-state index contributed by atoms with van der Waals surface area (Å²) in [6.07, 6.45) is 0.351. The van der Waals surface area contributed by atoms with Crippen LogP contribution < -0.4 is 10.2 Å². The van der Waals surface area contributed by atoms with Crippen LogP contribution in [0, 0.1) is 0 Å². The fourth-order valence-corrected chi connectivity index (χ4v) is 4.01. The fourth-order valence-electron chi connectivity index (χ4n) is 2.68. The van der Waals surface area contributed by atoms with E-state index in [1.54, 1.807) is 6.92 Å². The van der Waals surface area contributed by atoms with Gasteiger partial charge in [-0.15, -0.1) is 0 Å². The largest absolute Gasteiger partial charge is 0.410 e. The molecule has 0 aromatic heterocycles. The van der Waals surface area contributed by atoms with Crippen molar-refractivity contribution >= 4 is 19.9 Å². The number of nitrogens with zero attached hydrogens (tertiary/aromatic N) is 1. The van der Waals surface area contributed by atoms with Crippen LogP contribution in [0.3, 0.4) is 0 Å². The monoisotopic (exact) mass is 348 g/mol. The molecule has 24 heavy (non-hydrogen) atoms. The van der Waals surface area contributed by atoms with Crippen molar-refractivity contribution in [2.24, 2.45) is 0 Å². The molecule has 1 aliphatic rings. The van der Waals surface area contributed by atoms with Gasteiger partial charge in [0.25, 0.3) is 0 Å². The second-order valence-electron chi connectivity index (χ2n) is 8.42. The Balaban J connectivity index is 1.89. The van der Waals surface area contributed by atoms with Crippen molar-refractivity contribution in [2.45, 2.75) is 64.9 Å². The zero-order valence-corrected chi connectivity index (χ0v) is 17.1. The normalized spacial score (nSPS) is 17.4. The quantitative estimate of drug-likeness (QED) is 0.815. The lowest BCUT2D eigenvalue weighted by Gasteiger charge is -2.47. The predicted molar refractivity (Wildman–Crippen MR) is 103 cm³/mol. The van der Waals surface area contributed by atoms with Crippen molar-refractivity contribution in [1.29, 1.82) is 0 Å². The first-order valence-electron chi connectivity index (χ1n) is 8.79. The lowest BCUT2D eigenvalue weighted by Crippen LogP contribution is -2.57. The van der Waals surface area contributed by atoms with Gasteiger partial charge in [0.2, 0.25) is 5.91 Å². The lowest BCUT2D eigenvalue weighted by molar-refractivity contribution is -0.119. The van der Waals surface area contributed by atoms with E-state index in [2.05, 4.69) is 68.3 Å². The Labute approximate surface area is 147 Å². The number of nitrogens with one attached hydrogen (secondary N) is 1. The van der Waals surface area contributed by atoms with Crippen molar-refractivity contribution in [3.63, 3.8) is 0 Å². The Hall–Kier alpha value is -1.33. The first-order valence-corrected chi connectivity index (χ1v) is 11.7. The van der Waals surface area contributed by atoms with Gasteiger partial charge in [0.15, 0.2) is 8.32 Å². The summed E-state index contributed by atoms with van der Waals surface area (Å²) in [7, 11) is -1.67. The Kier molecular flexibility index (Phi) is 5.45. The van der Waals surface area contributed by atoms with Gasteiger partial charge in [-0.3, -0.25) is 4.79 Å². The number of amides is 1. The third kappa shape index (κ3) is 4.39. The van der Waals surface area contributed by atoms with Crippen molar-refractivity contribution in [2.75, 3.05) is 18.0 Å². The summed E-state index contributed by atoms with van der Waals surface area (Å²) in [5, 5.41) is 3.17. The van der Waals surface area contributed by atoms with Gasteiger partial charge in [-0.05, 0) is 42.8 Å². The molecule has 1 heterocycles. The first-order chi connectivity index (χ1) is 11.0. The molecule has 0 spiro atoms. The molecule has 2 rings (SSSR count). The molecule has 134 valence electrons. The highest BCUT2D eigenvalue weighted by Crippen LogP contribution is 2.38. The van der Waals surface area contributed by atoms with Gasteiger partial charge in [-0.2, -0.15) is 0 Å².